The van der Waals surface area contributed by atoms with Gasteiger partial charge in [-0.2, -0.15) is 0 Å². The number of hydrogen-bond donors (Lipinski definition) is 0. The van der Waals surface area contributed by atoms with Crippen LogP contribution in [0.5, 0.6) is 0 Å². The lowest BCUT2D eigenvalue weighted by atomic mass is 10.0. The third kappa shape index (κ3) is 2.34. The zero-order valence-corrected chi connectivity index (χ0v) is 9.19. The van der Waals surface area contributed by atoms with E-state index in [1.54, 1.807) is 11.8 Å². The van der Waals surface area contributed by atoms with Gasteiger partial charge in [0.2, 0.25) is 0 Å². The van der Waals surface area contributed by atoms with Gasteiger partial charge >= 0.3 is 0 Å². The molecule has 0 aliphatic carbocycles. The Balaban J connectivity index is 3.12. The number of thioether (sulfide) groups is 1. The summed E-state index contributed by atoms with van der Waals surface area (Å²) in [6.45, 7) is 7.94. The Morgan fingerprint density at radius 3 is 2.54 bits per heavy atom. The van der Waals surface area contributed by atoms with Crippen LogP contribution in [-0.2, 0) is 0 Å². The molecule has 0 fully saturated rings. The van der Waals surface area contributed by atoms with Crippen LogP contribution in [0.1, 0.15) is 25.3 Å². The van der Waals surface area contributed by atoms with Gasteiger partial charge in [-0.1, -0.05) is 19.9 Å². The molecule has 0 unspecified atom stereocenters. The fourth-order valence-corrected chi connectivity index (χ4v) is 1.78. The molecular formula is C11H15NS. The molecule has 0 atom stereocenters. The molecule has 1 aromatic rings. The molecule has 2 heteroatoms. The Morgan fingerprint density at radius 1 is 1.38 bits per heavy atom. The summed E-state index contributed by atoms with van der Waals surface area (Å²) in [5, 5.41) is 0. The summed E-state index contributed by atoms with van der Waals surface area (Å²) >= 11 is 1.72. The van der Waals surface area contributed by atoms with Crippen LogP contribution < -0.4 is 0 Å². The van der Waals surface area contributed by atoms with E-state index in [1.807, 2.05) is 6.07 Å². The fourth-order valence-electron chi connectivity index (χ4n) is 1.18. The number of rotatable bonds is 3. The first-order valence-corrected chi connectivity index (χ1v) is 5.56. The van der Waals surface area contributed by atoms with Gasteiger partial charge in [-0.05, 0) is 36.6 Å². The maximum atomic E-state index is 3.97. The minimum Gasteiger partial charge on any atom is -0.263 e. The third-order valence-corrected chi connectivity index (χ3v) is 2.81. The van der Waals surface area contributed by atoms with Gasteiger partial charge in [0.25, 0.3) is 0 Å². The van der Waals surface area contributed by atoms with E-state index in [2.05, 4.69) is 43.9 Å². The van der Waals surface area contributed by atoms with Gasteiger partial charge in [0.1, 0.15) is 0 Å². The van der Waals surface area contributed by atoms with Crippen molar-refractivity contribution in [2.45, 2.75) is 24.7 Å². The van der Waals surface area contributed by atoms with Crippen molar-refractivity contribution in [3.8, 4) is 0 Å². The number of hydrogen-bond acceptors (Lipinski definition) is 2. The molecule has 0 saturated carbocycles. The Kier molecular flexibility index (Phi) is 3.55. The van der Waals surface area contributed by atoms with Crippen LogP contribution in [0.25, 0.3) is 0 Å². The number of aliphatic imine (C=N–C) groups is 1. The normalized spacial score (nSPS) is 10.5. The molecule has 0 saturated heterocycles. The standard InChI is InChI=1S/C11H15NS/c1-8(2)9-5-6-10(12-3)11(7-9)13-4/h5-8H,3H2,1-2,4H3. The summed E-state index contributed by atoms with van der Waals surface area (Å²) in [4.78, 5) is 5.18. The molecule has 13 heavy (non-hydrogen) atoms. The second kappa shape index (κ2) is 4.47. The van der Waals surface area contributed by atoms with Crippen molar-refractivity contribution in [3.05, 3.63) is 23.8 Å². The summed E-state index contributed by atoms with van der Waals surface area (Å²) in [5.41, 5.74) is 2.34. The number of nitrogens with zero attached hydrogens (tertiary/aromatic N) is 1. The zero-order valence-electron chi connectivity index (χ0n) is 8.37. The van der Waals surface area contributed by atoms with E-state index in [-0.39, 0.29) is 0 Å². The molecule has 0 radical (unpaired) electrons. The van der Waals surface area contributed by atoms with Crippen molar-refractivity contribution in [1.82, 2.24) is 0 Å². The minimum absolute atomic E-state index is 0.574. The molecule has 0 aliphatic heterocycles. The van der Waals surface area contributed by atoms with Crippen LogP contribution in [0.3, 0.4) is 0 Å². The van der Waals surface area contributed by atoms with Gasteiger partial charge in [0.05, 0.1) is 5.69 Å². The van der Waals surface area contributed by atoms with Gasteiger partial charge in [0.15, 0.2) is 0 Å². The molecule has 0 N–H and O–H groups in total. The van der Waals surface area contributed by atoms with Crippen molar-refractivity contribution in [2.75, 3.05) is 6.26 Å². The van der Waals surface area contributed by atoms with E-state index in [1.165, 1.54) is 10.5 Å². The molecule has 1 nitrogen and oxygen atoms in total. The lowest BCUT2D eigenvalue weighted by Crippen LogP contribution is -1.87. The highest BCUT2D eigenvalue weighted by atomic mass is 32.2. The van der Waals surface area contributed by atoms with Crippen LogP contribution in [0.4, 0.5) is 5.69 Å². The molecule has 0 spiro atoms. The van der Waals surface area contributed by atoms with Crippen molar-refractivity contribution >= 4 is 24.2 Å². The summed E-state index contributed by atoms with van der Waals surface area (Å²) < 4.78 is 0. The predicted molar refractivity (Wildman–Crippen MR) is 61.5 cm³/mol. The molecule has 70 valence electrons. The fraction of sp³-hybridized carbons (Fsp3) is 0.364. The van der Waals surface area contributed by atoms with Crippen molar-refractivity contribution in [1.29, 1.82) is 0 Å². The van der Waals surface area contributed by atoms with Gasteiger partial charge in [-0.15, -0.1) is 11.8 Å². The monoisotopic (exact) mass is 193 g/mol. The highest BCUT2D eigenvalue weighted by molar-refractivity contribution is 7.98. The molecule has 0 bridgehead atoms. The van der Waals surface area contributed by atoms with Crippen LogP contribution in [0.2, 0.25) is 0 Å². The molecule has 0 aliphatic rings. The first-order chi connectivity index (χ1) is 6.19. The van der Waals surface area contributed by atoms with Crippen LogP contribution in [0.15, 0.2) is 28.1 Å². The smallest absolute Gasteiger partial charge is 0.0758 e. The Morgan fingerprint density at radius 2 is 2.08 bits per heavy atom. The molecule has 1 rings (SSSR count). The largest absolute Gasteiger partial charge is 0.263 e. The lowest BCUT2D eigenvalue weighted by molar-refractivity contribution is 0.862. The second-order valence-corrected chi connectivity index (χ2v) is 4.09. The van der Waals surface area contributed by atoms with E-state index in [0.29, 0.717) is 5.92 Å². The Labute approximate surface area is 84.3 Å². The van der Waals surface area contributed by atoms with E-state index in [0.717, 1.165) is 5.69 Å². The summed E-state index contributed by atoms with van der Waals surface area (Å²) in [7, 11) is 0. The maximum absolute atomic E-state index is 3.97. The van der Waals surface area contributed by atoms with Crippen molar-refractivity contribution in [3.63, 3.8) is 0 Å². The molecule has 1 aromatic carbocycles. The van der Waals surface area contributed by atoms with Crippen LogP contribution >= 0.6 is 11.8 Å². The molecule has 0 amide bonds. The van der Waals surface area contributed by atoms with E-state index < -0.39 is 0 Å². The van der Waals surface area contributed by atoms with Crippen molar-refractivity contribution < 1.29 is 0 Å². The van der Waals surface area contributed by atoms with Crippen molar-refractivity contribution in [2.24, 2.45) is 4.99 Å². The topological polar surface area (TPSA) is 12.4 Å². The quantitative estimate of drug-likeness (QED) is 0.524. The molecular weight excluding hydrogens is 178 g/mol. The van der Waals surface area contributed by atoms with Gasteiger partial charge < -0.3 is 0 Å². The minimum atomic E-state index is 0.574. The summed E-state index contributed by atoms with van der Waals surface area (Å²) in [6, 6.07) is 6.35. The van der Waals surface area contributed by atoms with E-state index in [9.17, 15) is 0 Å². The molecule has 0 aromatic heterocycles. The third-order valence-electron chi connectivity index (χ3n) is 2.04. The maximum Gasteiger partial charge on any atom is 0.0758 e. The molecule has 0 heterocycles. The average Bonchev–Trinajstić information content (AvgIpc) is 2.16. The van der Waals surface area contributed by atoms with Gasteiger partial charge in [-0.25, -0.2) is 0 Å². The SMILES string of the molecule is C=Nc1ccc(C(C)C)cc1SC. The van der Waals surface area contributed by atoms with E-state index >= 15 is 0 Å². The average molecular weight is 193 g/mol. The predicted octanol–water partition coefficient (Wildman–Crippen LogP) is 3.86. The first kappa shape index (κ1) is 10.3. The zero-order chi connectivity index (χ0) is 9.84. The van der Waals surface area contributed by atoms with Crippen LogP contribution in [-0.4, -0.2) is 13.0 Å². The summed E-state index contributed by atoms with van der Waals surface area (Å²) in [5.74, 6) is 0.574. The number of benzene rings is 1. The summed E-state index contributed by atoms with van der Waals surface area (Å²) in [6.07, 6.45) is 2.06. The Hall–Kier alpha value is -0.760. The van der Waals surface area contributed by atoms with Gasteiger partial charge in [-0.3, -0.25) is 4.99 Å². The first-order valence-electron chi connectivity index (χ1n) is 4.33. The second-order valence-electron chi connectivity index (χ2n) is 3.24. The van der Waals surface area contributed by atoms with Gasteiger partial charge in [0, 0.05) is 4.90 Å². The highest BCUT2D eigenvalue weighted by Gasteiger charge is 2.03. The van der Waals surface area contributed by atoms with E-state index in [4.69, 9.17) is 0 Å². The van der Waals surface area contributed by atoms with Crippen LogP contribution in [0, 0.1) is 0 Å². The lowest BCUT2D eigenvalue weighted by Gasteiger charge is -2.08. The highest BCUT2D eigenvalue weighted by Crippen LogP contribution is 2.30. The Bertz CT molecular complexity index is 305.